The number of phenolic OH excluding ortho intramolecular Hbond substituents is 1. The van der Waals surface area contributed by atoms with E-state index in [2.05, 4.69) is 32.4 Å². The maximum Gasteiger partial charge on any atom is 0.251 e. The van der Waals surface area contributed by atoms with Crippen molar-refractivity contribution in [3.63, 3.8) is 0 Å². The van der Waals surface area contributed by atoms with E-state index in [1.54, 1.807) is 6.07 Å². The molecule has 2 aliphatic rings. The second kappa shape index (κ2) is 14.6. The van der Waals surface area contributed by atoms with E-state index in [1.165, 1.54) is 12.8 Å². The summed E-state index contributed by atoms with van der Waals surface area (Å²) in [5.74, 6) is 0.137. The number of rotatable bonds is 12. The van der Waals surface area contributed by atoms with Crippen molar-refractivity contribution < 1.29 is 15.0 Å². The second-order valence-corrected chi connectivity index (χ2v) is 11.8. The molecule has 42 heavy (non-hydrogen) atoms. The van der Waals surface area contributed by atoms with Crippen LogP contribution in [-0.2, 0) is 19.5 Å². The van der Waals surface area contributed by atoms with E-state index in [9.17, 15) is 15.0 Å². The number of nitrogens with one attached hydrogen (secondary N) is 2. The van der Waals surface area contributed by atoms with Crippen LogP contribution in [0.2, 0.25) is 0 Å². The largest absolute Gasteiger partial charge is 0.508 e. The van der Waals surface area contributed by atoms with E-state index in [0.717, 1.165) is 68.2 Å². The number of nitrogens with zero attached hydrogens (tertiary/aromatic N) is 3. The van der Waals surface area contributed by atoms with Gasteiger partial charge in [0.05, 0.1) is 12.1 Å². The molecule has 224 valence electrons. The lowest BCUT2D eigenvalue weighted by atomic mass is 10.00. The number of aliphatic hydroxyl groups excluding tert-OH is 1. The highest BCUT2D eigenvalue weighted by Crippen LogP contribution is 2.23. The molecule has 3 aromatic rings. The maximum atomic E-state index is 13.3. The topological polar surface area (TPSA) is 91.3 Å². The zero-order valence-electron chi connectivity index (χ0n) is 24.7. The third-order valence-electron chi connectivity index (χ3n) is 8.50. The number of anilines is 1. The number of amides is 1. The molecule has 2 saturated heterocycles. The van der Waals surface area contributed by atoms with Gasteiger partial charge in [0.2, 0.25) is 0 Å². The van der Waals surface area contributed by atoms with Gasteiger partial charge in [0, 0.05) is 62.6 Å². The van der Waals surface area contributed by atoms with Crippen LogP contribution in [0.1, 0.15) is 39.9 Å². The van der Waals surface area contributed by atoms with Gasteiger partial charge in [-0.25, -0.2) is 0 Å². The number of carbonyl (C=O) groups is 1. The van der Waals surface area contributed by atoms with Crippen molar-refractivity contribution in [2.24, 2.45) is 0 Å². The quantitative estimate of drug-likeness (QED) is 0.265. The highest BCUT2D eigenvalue weighted by molar-refractivity contribution is 5.94. The number of hydrogen-bond donors (Lipinski definition) is 4. The molecule has 8 nitrogen and oxygen atoms in total. The molecule has 0 radical (unpaired) electrons. The van der Waals surface area contributed by atoms with Crippen LogP contribution in [0.4, 0.5) is 5.69 Å². The van der Waals surface area contributed by atoms with E-state index in [-0.39, 0.29) is 5.91 Å². The zero-order valence-corrected chi connectivity index (χ0v) is 24.7. The van der Waals surface area contributed by atoms with Gasteiger partial charge in [0.15, 0.2) is 0 Å². The van der Waals surface area contributed by atoms with Gasteiger partial charge in [-0.05, 0) is 86.9 Å². The van der Waals surface area contributed by atoms with Crippen LogP contribution in [0, 0.1) is 0 Å². The minimum absolute atomic E-state index is 0.190. The Hall–Kier alpha value is -3.43. The van der Waals surface area contributed by atoms with Crippen LogP contribution in [0.25, 0.3) is 0 Å². The van der Waals surface area contributed by atoms with Gasteiger partial charge in [-0.15, -0.1) is 0 Å². The molecule has 0 saturated carbocycles. The van der Waals surface area contributed by atoms with Crippen molar-refractivity contribution >= 4 is 11.6 Å². The first-order chi connectivity index (χ1) is 20.4. The minimum Gasteiger partial charge on any atom is -0.508 e. The number of aliphatic hydroxyl groups is 1. The first-order valence-corrected chi connectivity index (χ1v) is 15.2. The average Bonchev–Trinajstić information content (AvgIpc) is 3.52. The van der Waals surface area contributed by atoms with Crippen LogP contribution >= 0.6 is 0 Å². The van der Waals surface area contributed by atoms with E-state index < -0.39 is 12.1 Å². The fourth-order valence-electron chi connectivity index (χ4n) is 5.86. The average molecular weight is 572 g/mol. The van der Waals surface area contributed by atoms with Gasteiger partial charge in [-0.2, -0.15) is 0 Å². The molecule has 0 spiro atoms. The lowest BCUT2D eigenvalue weighted by Crippen LogP contribution is -2.48. The Morgan fingerprint density at radius 3 is 2.31 bits per heavy atom. The highest BCUT2D eigenvalue weighted by atomic mass is 16.3. The molecule has 1 amide bonds. The molecule has 5 rings (SSSR count). The normalized spacial score (nSPS) is 17.7. The Labute approximate surface area is 250 Å². The molecule has 3 aromatic carbocycles. The smallest absolute Gasteiger partial charge is 0.251 e. The van der Waals surface area contributed by atoms with Gasteiger partial charge in [0.25, 0.3) is 5.91 Å². The molecular formula is C34H45N5O3. The van der Waals surface area contributed by atoms with Crippen LogP contribution < -0.4 is 15.5 Å². The first-order valence-electron chi connectivity index (χ1n) is 15.2. The molecule has 0 unspecified atom stereocenters. The molecule has 2 aliphatic heterocycles. The van der Waals surface area contributed by atoms with Gasteiger partial charge in [0.1, 0.15) is 5.75 Å². The SMILES string of the molecule is CN1CCN(c2ccc(C(=O)N[C@@H](Cc3ccccc3)[C@H](O)CNCc3ccc(O)c(CN4CCCC4)c3)cc2)CC1. The molecular weight excluding hydrogens is 526 g/mol. The van der Waals surface area contributed by atoms with Crippen molar-refractivity contribution in [3.05, 3.63) is 95.1 Å². The van der Waals surface area contributed by atoms with E-state index in [4.69, 9.17) is 0 Å². The number of piperazine rings is 1. The van der Waals surface area contributed by atoms with Crippen LogP contribution in [-0.4, -0.2) is 90.9 Å². The van der Waals surface area contributed by atoms with Crippen LogP contribution in [0.3, 0.4) is 0 Å². The Morgan fingerprint density at radius 2 is 1.60 bits per heavy atom. The highest BCUT2D eigenvalue weighted by Gasteiger charge is 2.23. The van der Waals surface area contributed by atoms with Crippen molar-refractivity contribution in [1.82, 2.24) is 20.4 Å². The number of likely N-dealkylation sites (N-methyl/N-ethyl adjacent to an activating group) is 1. The standard InChI is InChI=1S/C34H45N5O3/c1-37-17-19-39(20-18-37)30-12-10-28(11-13-30)34(42)36-31(22-26-7-3-2-4-8-26)33(41)24-35-23-27-9-14-32(40)29(21-27)25-38-15-5-6-16-38/h2-4,7-14,21,31,33,35,40-41H,5-6,15-20,22-25H2,1H3,(H,36,42)/t31-,33+/m0/s1. The van der Waals surface area contributed by atoms with Gasteiger partial charge in [-0.1, -0.05) is 36.4 Å². The molecule has 2 fully saturated rings. The molecule has 2 atom stereocenters. The Balaban J connectivity index is 1.19. The van der Waals surface area contributed by atoms with Crippen molar-refractivity contribution in [1.29, 1.82) is 0 Å². The molecule has 0 aliphatic carbocycles. The second-order valence-electron chi connectivity index (χ2n) is 11.8. The Morgan fingerprint density at radius 1 is 0.881 bits per heavy atom. The van der Waals surface area contributed by atoms with Crippen LogP contribution in [0.5, 0.6) is 5.75 Å². The zero-order chi connectivity index (χ0) is 29.3. The van der Waals surface area contributed by atoms with Crippen LogP contribution in [0.15, 0.2) is 72.8 Å². The molecule has 4 N–H and O–H groups in total. The Kier molecular flexibility index (Phi) is 10.5. The van der Waals surface area contributed by atoms with E-state index in [0.29, 0.717) is 30.8 Å². The summed E-state index contributed by atoms with van der Waals surface area (Å²) >= 11 is 0. The fraction of sp³-hybridized carbons (Fsp3) is 0.441. The summed E-state index contributed by atoms with van der Waals surface area (Å²) in [4.78, 5) is 20.3. The summed E-state index contributed by atoms with van der Waals surface area (Å²) in [7, 11) is 2.14. The summed E-state index contributed by atoms with van der Waals surface area (Å²) in [6, 6.07) is 23.0. The molecule has 0 bridgehead atoms. The predicted molar refractivity (Wildman–Crippen MR) is 168 cm³/mol. The number of phenols is 1. The molecule has 8 heteroatoms. The van der Waals surface area contributed by atoms with Crippen molar-refractivity contribution in [2.75, 3.05) is 57.8 Å². The lowest BCUT2D eigenvalue weighted by Gasteiger charge is -2.34. The van der Waals surface area contributed by atoms with E-state index >= 15 is 0 Å². The third-order valence-corrected chi connectivity index (χ3v) is 8.50. The predicted octanol–water partition coefficient (Wildman–Crippen LogP) is 3.23. The molecule has 2 heterocycles. The summed E-state index contributed by atoms with van der Waals surface area (Å²) in [6.45, 7) is 7.79. The summed E-state index contributed by atoms with van der Waals surface area (Å²) in [6.07, 6.45) is 2.15. The molecule has 0 aromatic heterocycles. The number of carbonyl (C=O) groups excluding carboxylic acids is 1. The van der Waals surface area contributed by atoms with Gasteiger partial charge >= 0.3 is 0 Å². The van der Waals surface area contributed by atoms with Gasteiger partial charge < -0.3 is 30.6 Å². The fourth-order valence-corrected chi connectivity index (χ4v) is 5.86. The lowest BCUT2D eigenvalue weighted by molar-refractivity contribution is 0.0830. The number of aromatic hydroxyl groups is 1. The monoisotopic (exact) mass is 571 g/mol. The third kappa shape index (κ3) is 8.32. The van der Waals surface area contributed by atoms with Gasteiger partial charge in [-0.3, -0.25) is 9.69 Å². The summed E-state index contributed by atoms with van der Waals surface area (Å²) in [5.41, 5.74) is 4.75. The van der Waals surface area contributed by atoms with Crippen molar-refractivity contribution in [2.45, 2.75) is 44.5 Å². The number of benzene rings is 3. The minimum atomic E-state index is -0.792. The van der Waals surface area contributed by atoms with Crippen molar-refractivity contribution in [3.8, 4) is 5.75 Å². The summed E-state index contributed by atoms with van der Waals surface area (Å²) in [5, 5.41) is 28.1. The maximum absolute atomic E-state index is 13.3. The van der Waals surface area contributed by atoms with E-state index in [1.807, 2.05) is 66.7 Å². The Bertz CT molecular complexity index is 1270. The summed E-state index contributed by atoms with van der Waals surface area (Å²) < 4.78 is 0. The number of likely N-dealkylation sites (tertiary alicyclic amines) is 1. The first kappa shape index (κ1) is 30.0. The number of hydrogen-bond acceptors (Lipinski definition) is 7.